The number of hydrogen-bond acceptors (Lipinski definition) is 4. The Bertz CT molecular complexity index is 549. The molecule has 0 aliphatic heterocycles. The van der Waals surface area contributed by atoms with Crippen LogP contribution in [0.1, 0.15) is 11.1 Å². The number of aromatic hydroxyl groups is 1. The van der Waals surface area contributed by atoms with Gasteiger partial charge < -0.3 is 15.4 Å². The van der Waals surface area contributed by atoms with Crippen LogP contribution in [0.3, 0.4) is 0 Å². The summed E-state index contributed by atoms with van der Waals surface area (Å²) >= 11 is 5.98. The van der Waals surface area contributed by atoms with Crippen LogP contribution in [-0.2, 0) is 0 Å². The monoisotopic (exact) mass is 238 g/mol. The Balaban J connectivity index is 2.76. The maximum absolute atomic E-state index is 10.00. The molecular weight excluding hydrogens is 228 g/mol. The first-order chi connectivity index (χ1) is 7.52. The lowest BCUT2D eigenvalue weighted by Gasteiger charge is -2.10. The summed E-state index contributed by atoms with van der Waals surface area (Å²) in [6.45, 7) is 3.70. The first kappa shape index (κ1) is 10.8. The molecule has 5 heteroatoms. The third-order valence-corrected chi connectivity index (χ3v) is 2.96. The van der Waals surface area contributed by atoms with Gasteiger partial charge in [0.1, 0.15) is 5.75 Å². The van der Waals surface area contributed by atoms with Crippen LogP contribution in [0.25, 0.3) is 11.1 Å². The molecule has 2 rings (SSSR count). The SMILES string of the molecule is Cc1cc(C)c(-c2cnoc2N)c(O)c1Cl. The zero-order valence-corrected chi connectivity index (χ0v) is 9.67. The molecule has 2 aromatic rings. The lowest BCUT2D eigenvalue weighted by Crippen LogP contribution is -1.91. The Morgan fingerprint density at radius 2 is 2.06 bits per heavy atom. The number of nitrogens with two attached hydrogens (primary N) is 1. The lowest BCUT2D eigenvalue weighted by atomic mass is 9.99. The van der Waals surface area contributed by atoms with Crippen molar-refractivity contribution in [3.05, 3.63) is 28.4 Å². The highest BCUT2D eigenvalue weighted by atomic mass is 35.5. The lowest BCUT2D eigenvalue weighted by molar-refractivity contribution is 0.436. The van der Waals surface area contributed by atoms with Crippen molar-refractivity contribution >= 4 is 17.5 Å². The van der Waals surface area contributed by atoms with Crippen LogP contribution in [0.4, 0.5) is 5.88 Å². The van der Waals surface area contributed by atoms with Gasteiger partial charge in [0.15, 0.2) is 0 Å². The zero-order valence-electron chi connectivity index (χ0n) is 8.91. The van der Waals surface area contributed by atoms with Crippen LogP contribution in [0.5, 0.6) is 5.75 Å². The Morgan fingerprint density at radius 1 is 1.38 bits per heavy atom. The molecule has 0 amide bonds. The number of phenols is 1. The normalized spacial score (nSPS) is 10.7. The predicted molar refractivity (Wildman–Crippen MR) is 62.5 cm³/mol. The molecule has 16 heavy (non-hydrogen) atoms. The van der Waals surface area contributed by atoms with E-state index in [1.807, 2.05) is 19.9 Å². The van der Waals surface area contributed by atoms with Crippen LogP contribution >= 0.6 is 11.6 Å². The largest absolute Gasteiger partial charge is 0.506 e. The summed E-state index contributed by atoms with van der Waals surface area (Å²) < 4.78 is 4.77. The number of aryl methyl sites for hydroxylation is 2. The molecule has 84 valence electrons. The van der Waals surface area contributed by atoms with E-state index in [1.165, 1.54) is 6.20 Å². The molecular formula is C11H11ClN2O2. The molecule has 1 aromatic heterocycles. The second kappa shape index (κ2) is 3.72. The van der Waals surface area contributed by atoms with Crippen LogP contribution in [-0.4, -0.2) is 10.3 Å². The molecule has 0 aliphatic carbocycles. The first-order valence-corrected chi connectivity index (χ1v) is 5.09. The number of anilines is 1. The zero-order chi connectivity index (χ0) is 11.9. The van der Waals surface area contributed by atoms with E-state index >= 15 is 0 Å². The number of nitrogens with zero attached hydrogens (tertiary/aromatic N) is 1. The number of hydrogen-bond donors (Lipinski definition) is 2. The summed E-state index contributed by atoms with van der Waals surface area (Å²) in [5.74, 6) is 0.174. The summed E-state index contributed by atoms with van der Waals surface area (Å²) in [7, 11) is 0. The Labute approximate surface area is 97.6 Å². The van der Waals surface area contributed by atoms with Crippen molar-refractivity contribution in [3.63, 3.8) is 0 Å². The van der Waals surface area contributed by atoms with Gasteiger partial charge in [0.2, 0.25) is 5.88 Å². The van der Waals surface area contributed by atoms with Crippen molar-refractivity contribution in [2.75, 3.05) is 5.73 Å². The number of aromatic nitrogens is 1. The van der Waals surface area contributed by atoms with Gasteiger partial charge in [0, 0.05) is 5.56 Å². The average Bonchev–Trinajstić information content (AvgIpc) is 2.62. The summed E-state index contributed by atoms with van der Waals surface area (Å²) in [5.41, 5.74) is 8.42. The van der Waals surface area contributed by atoms with Crippen molar-refractivity contribution in [1.29, 1.82) is 0 Å². The highest BCUT2D eigenvalue weighted by Crippen LogP contribution is 2.41. The molecule has 0 bridgehead atoms. The Hall–Kier alpha value is -1.68. The predicted octanol–water partition coefficient (Wildman–Crippen LogP) is 2.90. The van der Waals surface area contributed by atoms with E-state index in [2.05, 4.69) is 5.16 Å². The van der Waals surface area contributed by atoms with Gasteiger partial charge in [-0.3, -0.25) is 0 Å². The maximum atomic E-state index is 10.00. The van der Waals surface area contributed by atoms with E-state index in [1.54, 1.807) is 0 Å². The topological polar surface area (TPSA) is 72.3 Å². The van der Waals surface area contributed by atoms with Crippen molar-refractivity contribution in [2.24, 2.45) is 0 Å². The van der Waals surface area contributed by atoms with Gasteiger partial charge in [0.25, 0.3) is 0 Å². The number of nitrogen functional groups attached to an aromatic ring is 1. The highest BCUT2D eigenvalue weighted by molar-refractivity contribution is 6.33. The van der Waals surface area contributed by atoms with Crippen LogP contribution in [0.2, 0.25) is 5.02 Å². The molecule has 1 aromatic carbocycles. The molecule has 1 heterocycles. The molecule has 0 saturated heterocycles. The van der Waals surface area contributed by atoms with Crippen molar-refractivity contribution in [2.45, 2.75) is 13.8 Å². The minimum atomic E-state index is 0.00840. The minimum Gasteiger partial charge on any atom is -0.506 e. The fraction of sp³-hybridized carbons (Fsp3) is 0.182. The van der Waals surface area contributed by atoms with Gasteiger partial charge in [-0.15, -0.1) is 0 Å². The maximum Gasteiger partial charge on any atom is 0.230 e. The number of rotatable bonds is 1. The third kappa shape index (κ3) is 1.51. The summed E-state index contributed by atoms with van der Waals surface area (Å²) in [6, 6.07) is 1.88. The highest BCUT2D eigenvalue weighted by Gasteiger charge is 2.18. The van der Waals surface area contributed by atoms with Crippen molar-refractivity contribution in [3.8, 4) is 16.9 Å². The molecule has 3 N–H and O–H groups in total. The summed E-state index contributed by atoms with van der Waals surface area (Å²) in [6.07, 6.45) is 1.46. The molecule has 0 aliphatic rings. The summed E-state index contributed by atoms with van der Waals surface area (Å²) in [4.78, 5) is 0. The molecule has 0 radical (unpaired) electrons. The summed E-state index contributed by atoms with van der Waals surface area (Å²) in [5, 5.41) is 13.9. The van der Waals surface area contributed by atoms with Gasteiger partial charge in [-0.2, -0.15) is 0 Å². The van der Waals surface area contributed by atoms with E-state index in [4.69, 9.17) is 21.9 Å². The molecule has 0 saturated carbocycles. The molecule has 0 atom stereocenters. The van der Waals surface area contributed by atoms with E-state index in [-0.39, 0.29) is 11.6 Å². The number of phenolic OH excluding ortho intramolecular Hbond substituents is 1. The fourth-order valence-corrected chi connectivity index (χ4v) is 1.87. The molecule has 0 spiro atoms. The van der Waals surface area contributed by atoms with Gasteiger partial charge in [0.05, 0.1) is 16.8 Å². The Kier molecular flexibility index (Phi) is 2.52. The smallest absolute Gasteiger partial charge is 0.230 e. The van der Waals surface area contributed by atoms with E-state index < -0.39 is 0 Å². The van der Waals surface area contributed by atoms with Gasteiger partial charge in [-0.05, 0) is 25.0 Å². The van der Waals surface area contributed by atoms with E-state index in [0.29, 0.717) is 16.1 Å². The van der Waals surface area contributed by atoms with Crippen LogP contribution in [0.15, 0.2) is 16.8 Å². The van der Waals surface area contributed by atoms with Crippen LogP contribution in [0, 0.1) is 13.8 Å². The van der Waals surface area contributed by atoms with Crippen molar-refractivity contribution < 1.29 is 9.63 Å². The number of benzene rings is 1. The van der Waals surface area contributed by atoms with Crippen LogP contribution < -0.4 is 5.73 Å². The van der Waals surface area contributed by atoms with E-state index in [9.17, 15) is 5.11 Å². The average molecular weight is 239 g/mol. The second-order valence-corrected chi connectivity index (χ2v) is 4.03. The molecule has 4 nitrogen and oxygen atoms in total. The first-order valence-electron chi connectivity index (χ1n) is 4.71. The minimum absolute atomic E-state index is 0.00840. The molecule has 0 fully saturated rings. The molecule has 0 unspecified atom stereocenters. The van der Waals surface area contributed by atoms with Gasteiger partial charge in [-0.1, -0.05) is 22.8 Å². The van der Waals surface area contributed by atoms with E-state index in [0.717, 1.165) is 11.1 Å². The fourth-order valence-electron chi connectivity index (χ4n) is 1.72. The number of halogens is 1. The Morgan fingerprint density at radius 3 is 2.62 bits per heavy atom. The third-order valence-electron chi connectivity index (χ3n) is 2.49. The quantitative estimate of drug-likeness (QED) is 0.801. The second-order valence-electron chi connectivity index (χ2n) is 3.65. The van der Waals surface area contributed by atoms with Gasteiger partial charge in [-0.25, -0.2) is 0 Å². The standard InChI is InChI=1S/C11H11ClN2O2/c1-5-3-6(2)9(12)10(15)8(5)7-4-14-16-11(7)13/h3-4,15H,13H2,1-2H3. The van der Waals surface area contributed by atoms with Crippen molar-refractivity contribution in [1.82, 2.24) is 5.16 Å². The van der Waals surface area contributed by atoms with Gasteiger partial charge >= 0.3 is 0 Å².